The smallest absolute Gasteiger partial charge is 0.238 e. The second-order valence-corrected chi connectivity index (χ2v) is 6.72. The molecule has 25 heavy (non-hydrogen) atoms. The predicted octanol–water partition coefficient (Wildman–Crippen LogP) is 1.07. The first-order valence-corrected chi connectivity index (χ1v) is 8.68. The summed E-state index contributed by atoms with van der Waals surface area (Å²) >= 11 is 0. The molecule has 0 aliphatic rings. The monoisotopic (exact) mass is 362 g/mol. The average Bonchev–Trinajstić information content (AvgIpc) is 2.89. The highest BCUT2D eigenvalue weighted by Crippen LogP contribution is 2.22. The Hall–Kier alpha value is -2.98. The zero-order chi connectivity index (χ0) is 18.6. The van der Waals surface area contributed by atoms with Crippen molar-refractivity contribution in [1.29, 1.82) is 0 Å². The number of H-pyrrole nitrogens is 1. The molecule has 0 aliphatic carbocycles. The fourth-order valence-electron chi connectivity index (χ4n) is 2.31. The number of nitrogens with zero attached hydrogens (tertiary/aromatic N) is 2. The molecule has 2 heterocycles. The number of sulfonamides is 1. The fraction of sp³-hybridized carbons (Fsp3) is 0.133. The molecule has 0 radical (unpaired) electrons. The Morgan fingerprint density at radius 1 is 1.16 bits per heavy atom. The van der Waals surface area contributed by atoms with E-state index in [0.29, 0.717) is 11.6 Å². The van der Waals surface area contributed by atoms with Crippen LogP contribution in [0.15, 0.2) is 35.4 Å². The van der Waals surface area contributed by atoms with Crippen molar-refractivity contribution in [2.45, 2.75) is 18.7 Å². The number of rotatable bonds is 3. The van der Waals surface area contributed by atoms with Crippen LogP contribution in [0, 0.1) is 13.8 Å². The number of hydrogen-bond acceptors (Lipinski definition) is 6. The van der Waals surface area contributed by atoms with Gasteiger partial charge in [-0.2, -0.15) is 4.98 Å². The highest BCUT2D eigenvalue weighted by molar-refractivity contribution is 7.89. The van der Waals surface area contributed by atoms with Crippen molar-refractivity contribution in [3.8, 4) is 0 Å². The van der Waals surface area contributed by atoms with Crippen LogP contribution < -0.4 is 16.2 Å². The summed E-state index contributed by atoms with van der Waals surface area (Å²) in [6, 6.07) is 6.09. The number of benzene rings is 1. The van der Waals surface area contributed by atoms with Crippen LogP contribution in [-0.4, -0.2) is 29.8 Å². The van der Waals surface area contributed by atoms with Crippen LogP contribution in [-0.2, 0) is 14.8 Å². The van der Waals surface area contributed by atoms with E-state index in [1.54, 1.807) is 12.1 Å². The van der Waals surface area contributed by atoms with Crippen LogP contribution in [0.1, 0.15) is 11.3 Å². The maximum absolute atomic E-state index is 11.2. The summed E-state index contributed by atoms with van der Waals surface area (Å²) in [6.07, 6.45) is 2.14. The lowest BCUT2D eigenvalue weighted by molar-refractivity contribution is -0.106. The molecule has 9 nitrogen and oxygen atoms in total. The second-order valence-electron chi connectivity index (χ2n) is 5.16. The quantitative estimate of drug-likeness (QED) is 0.510. The molecule has 0 saturated carbocycles. The van der Waals surface area contributed by atoms with Gasteiger partial charge in [0.05, 0.1) is 10.6 Å². The zero-order valence-electron chi connectivity index (χ0n) is 13.6. The minimum Gasteiger partial charge on any atom is -0.372 e. The highest BCUT2D eigenvalue weighted by Gasteiger charge is 2.10. The largest absolute Gasteiger partial charge is 0.372 e. The number of fused-ring (bicyclic) bond motifs is 1. The lowest BCUT2D eigenvalue weighted by Gasteiger charge is -2.07. The Bertz CT molecular complexity index is 996. The Balaban J connectivity index is 0.000000701. The van der Waals surface area contributed by atoms with Crippen LogP contribution in [0.4, 0.5) is 11.6 Å². The molecule has 0 fully saturated rings. The number of anilines is 2. The van der Waals surface area contributed by atoms with Crippen molar-refractivity contribution in [1.82, 2.24) is 15.0 Å². The van der Waals surface area contributed by atoms with Crippen LogP contribution >= 0.6 is 0 Å². The van der Waals surface area contributed by atoms with Crippen LogP contribution in [0.5, 0.6) is 0 Å². The first-order valence-electron chi connectivity index (χ1n) is 7.14. The number of nitrogens with two attached hydrogens (primary N) is 2. The third-order valence-electron chi connectivity index (χ3n) is 3.35. The predicted molar refractivity (Wildman–Crippen MR) is 94.7 cm³/mol. The van der Waals surface area contributed by atoms with Gasteiger partial charge in [0.15, 0.2) is 0 Å². The first-order chi connectivity index (χ1) is 11.8. The molecule has 3 rings (SSSR count). The number of primary amides is 1. The Morgan fingerprint density at radius 2 is 1.76 bits per heavy atom. The summed E-state index contributed by atoms with van der Waals surface area (Å²) in [4.78, 5) is 20.6. The molecule has 1 amide bonds. The van der Waals surface area contributed by atoms with E-state index < -0.39 is 10.0 Å². The van der Waals surface area contributed by atoms with Gasteiger partial charge in [-0.15, -0.1) is 0 Å². The van der Waals surface area contributed by atoms with Crippen LogP contribution in [0.2, 0.25) is 0 Å². The molecule has 6 N–H and O–H groups in total. The van der Waals surface area contributed by atoms with Gasteiger partial charge in [0, 0.05) is 17.3 Å². The molecule has 0 spiro atoms. The van der Waals surface area contributed by atoms with E-state index in [1.807, 2.05) is 20.0 Å². The molecule has 1 aromatic carbocycles. The lowest BCUT2D eigenvalue weighted by Crippen LogP contribution is -2.11. The van der Waals surface area contributed by atoms with Crippen molar-refractivity contribution in [3.63, 3.8) is 0 Å². The van der Waals surface area contributed by atoms with E-state index in [-0.39, 0.29) is 11.3 Å². The van der Waals surface area contributed by atoms with Gasteiger partial charge in [-0.05, 0) is 43.7 Å². The van der Waals surface area contributed by atoms with Gasteiger partial charge in [0.2, 0.25) is 22.4 Å². The third-order valence-corrected chi connectivity index (χ3v) is 4.28. The standard InChI is InChI=1S/C14H15N5O2S.CH3NO/c1-8-7-16-13-12(8)9(2)17-14(19-13)18-10-3-5-11(6-4-10)22(15,20)21;2-1-3/h3-7H,1-2H3,(H2,15,20,21)(H2,16,17,18,19);1H,(H2,2,3). The molecule has 2 aromatic heterocycles. The van der Waals surface area contributed by atoms with Crippen molar-refractivity contribution in [2.75, 3.05) is 5.32 Å². The van der Waals surface area contributed by atoms with E-state index in [9.17, 15) is 8.42 Å². The molecule has 0 bridgehead atoms. The summed E-state index contributed by atoms with van der Waals surface area (Å²) in [6.45, 7) is 3.91. The highest BCUT2D eigenvalue weighted by atomic mass is 32.2. The Kier molecular flexibility index (Phi) is 5.35. The van der Waals surface area contributed by atoms with Gasteiger partial charge in [-0.3, -0.25) is 4.79 Å². The molecular weight excluding hydrogens is 344 g/mol. The number of hydrogen-bond donors (Lipinski definition) is 4. The molecule has 10 heteroatoms. The minimum absolute atomic E-state index is 0.0607. The number of nitrogens with one attached hydrogen (secondary N) is 2. The number of aryl methyl sites for hydroxylation is 2. The van der Waals surface area contributed by atoms with E-state index >= 15 is 0 Å². The molecule has 132 valence electrons. The van der Waals surface area contributed by atoms with Crippen LogP contribution in [0.3, 0.4) is 0 Å². The maximum Gasteiger partial charge on any atom is 0.238 e. The maximum atomic E-state index is 11.2. The molecular formula is C15H18N6O3S. The second kappa shape index (κ2) is 7.28. The summed E-state index contributed by atoms with van der Waals surface area (Å²) in [5.74, 6) is 0.440. The van der Waals surface area contributed by atoms with Gasteiger partial charge >= 0.3 is 0 Å². The summed E-state index contributed by atoms with van der Waals surface area (Å²) in [5.41, 5.74) is 7.56. The van der Waals surface area contributed by atoms with Crippen molar-refractivity contribution < 1.29 is 13.2 Å². The number of carbonyl (C=O) groups excluding carboxylic acids is 1. The molecule has 0 saturated heterocycles. The molecule has 0 atom stereocenters. The van der Waals surface area contributed by atoms with E-state index in [4.69, 9.17) is 9.93 Å². The summed E-state index contributed by atoms with van der Waals surface area (Å²) < 4.78 is 22.4. The van der Waals surface area contributed by atoms with Gasteiger partial charge in [0.25, 0.3) is 0 Å². The molecule has 0 aliphatic heterocycles. The van der Waals surface area contributed by atoms with Gasteiger partial charge in [0.1, 0.15) is 5.65 Å². The lowest BCUT2D eigenvalue weighted by atomic mass is 10.2. The van der Waals surface area contributed by atoms with Crippen molar-refractivity contribution in [3.05, 3.63) is 41.7 Å². The topological polar surface area (TPSA) is 157 Å². The number of aromatic amines is 1. The number of amides is 1. The zero-order valence-corrected chi connectivity index (χ0v) is 14.5. The van der Waals surface area contributed by atoms with E-state index in [0.717, 1.165) is 22.3 Å². The van der Waals surface area contributed by atoms with Crippen molar-refractivity contribution in [2.24, 2.45) is 10.9 Å². The van der Waals surface area contributed by atoms with Crippen LogP contribution in [0.25, 0.3) is 11.0 Å². The third kappa shape index (κ3) is 4.31. The van der Waals surface area contributed by atoms with E-state index in [2.05, 4.69) is 26.0 Å². The average molecular weight is 362 g/mol. The van der Waals surface area contributed by atoms with Crippen molar-refractivity contribution >= 4 is 39.1 Å². The Labute approximate surface area is 144 Å². The number of primary sulfonamides is 1. The number of aromatic nitrogens is 3. The van der Waals surface area contributed by atoms with Gasteiger partial charge in [-0.25, -0.2) is 18.5 Å². The van der Waals surface area contributed by atoms with Gasteiger partial charge in [-0.1, -0.05) is 0 Å². The number of carbonyl (C=O) groups is 1. The summed E-state index contributed by atoms with van der Waals surface area (Å²) in [5, 5.41) is 9.12. The molecule has 3 aromatic rings. The normalized spacial score (nSPS) is 10.8. The van der Waals surface area contributed by atoms with Gasteiger partial charge < -0.3 is 16.0 Å². The SMILES string of the molecule is Cc1c[nH]c2nc(Nc3ccc(S(N)(=O)=O)cc3)nc(C)c12.NC=O. The molecule has 0 unspecified atom stereocenters. The Morgan fingerprint density at radius 3 is 2.32 bits per heavy atom. The van der Waals surface area contributed by atoms with E-state index in [1.165, 1.54) is 12.1 Å². The first kappa shape index (κ1) is 18.4. The fourth-order valence-corrected chi connectivity index (χ4v) is 2.83. The summed E-state index contributed by atoms with van der Waals surface area (Å²) in [7, 11) is -3.69. The minimum atomic E-state index is -3.69.